The summed E-state index contributed by atoms with van der Waals surface area (Å²) < 4.78 is 12.3. The zero-order valence-corrected chi connectivity index (χ0v) is 13.8. The van der Waals surface area contributed by atoms with Crippen LogP contribution in [0.3, 0.4) is 0 Å². The van der Waals surface area contributed by atoms with E-state index in [4.69, 9.17) is 0 Å². The first-order valence-corrected chi connectivity index (χ1v) is 9.18. The lowest BCUT2D eigenvalue weighted by atomic mass is 10.0. The van der Waals surface area contributed by atoms with Gasteiger partial charge in [0.25, 0.3) is 0 Å². The molecule has 0 radical (unpaired) electrons. The molecule has 1 aliphatic heterocycles. The number of carbonyl (C=O) groups excluding carboxylic acids is 2. The molecule has 1 heterocycles. The smallest absolute Gasteiger partial charge is 0.323 e. The van der Waals surface area contributed by atoms with E-state index in [-0.39, 0.29) is 19.3 Å². The minimum Gasteiger partial charge on any atom is -0.323 e. The molecule has 0 aliphatic carbocycles. The summed E-state index contributed by atoms with van der Waals surface area (Å²) in [5.74, 6) is -0.944. The molecular weight excluding hydrogens is 319 g/mol. The molecule has 0 spiro atoms. The number of hydrazine groups is 1. The number of benzene rings is 1. The number of hydrogen-bond acceptors (Lipinski definition) is 4. The Bertz CT molecular complexity index is 614. The Morgan fingerprint density at radius 1 is 1.17 bits per heavy atom. The van der Waals surface area contributed by atoms with Gasteiger partial charge in [0.05, 0.1) is 0 Å². The maximum Gasteiger partial charge on any atom is 0.351 e. The molecule has 8 heteroatoms. The fourth-order valence-corrected chi connectivity index (χ4v) is 3.84. The summed E-state index contributed by atoms with van der Waals surface area (Å²) in [6.07, 6.45) is 1.45. The number of nitrogens with one attached hydrogen (secondary N) is 1. The lowest BCUT2D eigenvalue weighted by molar-refractivity contribution is -0.143. The largest absolute Gasteiger partial charge is 0.351 e. The summed E-state index contributed by atoms with van der Waals surface area (Å²) in [7, 11) is -4.72. The fourth-order valence-electron chi connectivity index (χ4n) is 2.68. The zero-order valence-electron chi connectivity index (χ0n) is 12.9. The van der Waals surface area contributed by atoms with Gasteiger partial charge in [0.1, 0.15) is 0 Å². The van der Waals surface area contributed by atoms with Gasteiger partial charge in [-0.2, -0.15) is 0 Å². The van der Waals surface area contributed by atoms with Crippen LogP contribution < -0.4 is 5.43 Å². The Labute approximate surface area is 134 Å². The van der Waals surface area contributed by atoms with Crippen LogP contribution in [0, 0.1) is 0 Å². The van der Waals surface area contributed by atoms with Crippen molar-refractivity contribution in [2.75, 3.05) is 0 Å². The molecule has 2 rings (SSSR count). The summed E-state index contributed by atoms with van der Waals surface area (Å²) in [6.45, 7) is 1.90. The monoisotopic (exact) mass is 340 g/mol. The molecule has 1 atom stereocenters. The number of rotatable bonds is 7. The van der Waals surface area contributed by atoms with Crippen LogP contribution in [0.1, 0.15) is 44.6 Å². The van der Waals surface area contributed by atoms with E-state index in [2.05, 4.69) is 5.43 Å². The quantitative estimate of drug-likeness (QED) is 0.517. The van der Waals surface area contributed by atoms with E-state index < -0.39 is 24.7 Å². The topological polar surface area (TPSA) is 107 Å². The number of hydrogen-bond donors (Lipinski definition) is 3. The zero-order chi connectivity index (χ0) is 17.1. The number of nitrogens with zero attached hydrogens (tertiary/aromatic N) is 1. The second-order valence-electron chi connectivity index (χ2n) is 5.61. The summed E-state index contributed by atoms with van der Waals surface area (Å²) >= 11 is 0. The normalized spacial score (nSPS) is 18.3. The van der Waals surface area contributed by atoms with Gasteiger partial charge in [-0.3, -0.25) is 14.2 Å². The number of imide groups is 1. The van der Waals surface area contributed by atoms with Crippen molar-refractivity contribution in [2.24, 2.45) is 0 Å². The van der Waals surface area contributed by atoms with Gasteiger partial charge < -0.3 is 9.79 Å². The predicted molar refractivity (Wildman–Crippen MR) is 83.9 cm³/mol. The first kappa shape index (κ1) is 17.8. The highest BCUT2D eigenvalue weighted by molar-refractivity contribution is 7.53. The van der Waals surface area contributed by atoms with Crippen molar-refractivity contribution < 1.29 is 23.9 Å². The highest BCUT2D eigenvalue weighted by atomic mass is 31.2. The summed E-state index contributed by atoms with van der Waals surface area (Å²) in [6, 6.07) is 8.25. The molecule has 0 bridgehead atoms. The van der Waals surface area contributed by atoms with E-state index in [0.717, 1.165) is 11.4 Å². The molecule has 126 valence electrons. The van der Waals surface area contributed by atoms with Crippen molar-refractivity contribution in [2.45, 2.75) is 44.3 Å². The maximum absolute atomic E-state index is 12.3. The van der Waals surface area contributed by atoms with Crippen LogP contribution in [0.15, 0.2) is 30.3 Å². The number of amides is 2. The van der Waals surface area contributed by atoms with Crippen molar-refractivity contribution in [3.8, 4) is 0 Å². The Balaban J connectivity index is 2.50. The van der Waals surface area contributed by atoms with Gasteiger partial charge in [-0.25, -0.2) is 10.4 Å². The van der Waals surface area contributed by atoms with Crippen LogP contribution in [0.4, 0.5) is 0 Å². The molecule has 23 heavy (non-hydrogen) atoms. The van der Waals surface area contributed by atoms with E-state index in [1.165, 1.54) is 0 Å². The minimum atomic E-state index is -4.72. The minimum absolute atomic E-state index is 0.0473. The molecule has 1 aliphatic rings. The van der Waals surface area contributed by atoms with E-state index in [1.807, 2.05) is 6.92 Å². The highest BCUT2D eigenvalue weighted by Crippen LogP contribution is 2.58. The SMILES string of the molecule is CCCCC(NN1C(=O)CCC1=O)(c1ccccc1)P(=O)(O)O. The Morgan fingerprint density at radius 3 is 2.22 bits per heavy atom. The van der Waals surface area contributed by atoms with E-state index in [9.17, 15) is 23.9 Å². The molecule has 2 amide bonds. The molecule has 3 N–H and O–H groups in total. The molecule has 1 aromatic carbocycles. The maximum atomic E-state index is 12.3. The standard InChI is InChI=1S/C15H21N2O5P/c1-2-3-11-15(23(20,21)22,12-7-5-4-6-8-12)16-17-13(18)9-10-14(17)19/h4-8,16H,2-3,9-11H2,1H3,(H2,20,21,22). The highest BCUT2D eigenvalue weighted by Gasteiger charge is 2.51. The van der Waals surface area contributed by atoms with Crippen molar-refractivity contribution in [3.63, 3.8) is 0 Å². The van der Waals surface area contributed by atoms with Crippen LogP contribution in [-0.2, 0) is 19.4 Å². The van der Waals surface area contributed by atoms with Crippen LogP contribution in [0.25, 0.3) is 0 Å². The van der Waals surface area contributed by atoms with Crippen LogP contribution in [0.2, 0.25) is 0 Å². The van der Waals surface area contributed by atoms with Gasteiger partial charge in [-0.1, -0.05) is 50.1 Å². The second-order valence-corrected chi connectivity index (χ2v) is 7.46. The van der Waals surface area contributed by atoms with Gasteiger partial charge >= 0.3 is 7.60 Å². The first-order valence-electron chi connectivity index (χ1n) is 7.56. The molecule has 1 saturated heterocycles. The van der Waals surface area contributed by atoms with E-state index >= 15 is 0 Å². The lowest BCUT2D eigenvalue weighted by Crippen LogP contribution is -2.54. The summed E-state index contributed by atoms with van der Waals surface area (Å²) in [4.78, 5) is 43.8. The molecule has 0 aromatic heterocycles. The second kappa shape index (κ2) is 6.93. The van der Waals surface area contributed by atoms with Crippen molar-refractivity contribution in [3.05, 3.63) is 35.9 Å². The Morgan fingerprint density at radius 2 is 1.74 bits per heavy atom. The average Bonchev–Trinajstić information content (AvgIpc) is 2.82. The van der Waals surface area contributed by atoms with Crippen LogP contribution in [0.5, 0.6) is 0 Å². The third-order valence-corrected chi connectivity index (χ3v) is 5.57. The summed E-state index contributed by atoms with van der Waals surface area (Å²) in [5, 5.41) is -1.03. The number of unbranched alkanes of at least 4 members (excludes halogenated alkanes) is 1. The van der Waals surface area contributed by atoms with Gasteiger partial charge in [0.15, 0.2) is 5.28 Å². The fraction of sp³-hybridized carbons (Fsp3) is 0.467. The molecule has 1 fully saturated rings. The van der Waals surface area contributed by atoms with Crippen molar-refractivity contribution >= 4 is 19.4 Å². The van der Waals surface area contributed by atoms with E-state index in [1.54, 1.807) is 30.3 Å². The summed E-state index contributed by atoms with van der Waals surface area (Å²) in [5.41, 5.74) is 2.95. The third kappa shape index (κ3) is 3.53. The predicted octanol–water partition coefficient (Wildman–Crippen LogP) is 1.86. The molecule has 7 nitrogen and oxygen atoms in total. The van der Waals surface area contributed by atoms with Gasteiger partial charge in [0, 0.05) is 12.8 Å². The molecule has 1 aromatic rings. The van der Waals surface area contributed by atoms with E-state index in [0.29, 0.717) is 12.0 Å². The Hall–Kier alpha value is -1.53. The lowest BCUT2D eigenvalue weighted by Gasteiger charge is -2.38. The van der Waals surface area contributed by atoms with Crippen molar-refractivity contribution in [1.82, 2.24) is 10.4 Å². The van der Waals surface area contributed by atoms with Gasteiger partial charge in [0.2, 0.25) is 11.8 Å². The van der Waals surface area contributed by atoms with Crippen molar-refractivity contribution in [1.29, 1.82) is 0 Å². The van der Waals surface area contributed by atoms with Gasteiger partial charge in [-0.05, 0) is 12.0 Å². The molecule has 1 unspecified atom stereocenters. The van der Waals surface area contributed by atoms with Crippen LogP contribution in [-0.4, -0.2) is 26.6 Å². The van der Waals surface area contributed by atoms with Gasteiger partial charge in [-0.15, -0.1) is 0 Å². The molecule has 0 saturated carbocycles. The van der Waals surface area contributed by atoms with Crippen LogP contribution >= 0.6 is 7.60 Å². The Kier molecular flexibility index (Phi) is 5.37. The third-order valence-electron chi connectivity index (χ3n) is 3.99. The average molecular weight is 340 g/mol. The number of carbonyl (C=O) groups is 2. The first-order chi connectivity index (χ1) is 10.8. The molecular formula is C15H21N2O5P.